The maximum atomic E-state index is 12.5. The van der Waals surface area contributed by atoms with Gasteiger partial charge in [0.05, 0.1) is 37.3 Å². The maximum absolute atomic E-state index is 12.5. The van der Waals surface area contributed by atoms with Crippen molar-refractivity contribution >= 4 is 28.9 Å². The molecule has 2 saturated heterocycles. The number of hydrogen-bond acceptors (Lipinski definition) is 5. The van der Waals surface area contributed by atoms with Crippen molar-refractivity contribution in [1.82, 2.24) is 0 Å². The fourth-order valence-electron chi connectivity index (χ4n) is 3.03. The van der Waals surface area contributed by atoms with Crippen LogP contribution in [0.2, 0.25) is 5.02 Å². The number of amides is 1. The van der Waals surface area contributed by atoms with Crippen molar-refractivity contribution in [2.24, 2.45) is 0 Å². The van der Waals surface area contributed by atoms with Crippen LogP contribution in [0.1, 0.15) is 19.8 Å². The van der Waals surface area contributed by atoms with E-state index in [1.54, 1.807) is 13.0 Å². The molecule has 2 atom stereocenters. The van der Waals surface area contributed by atoms with E-state index in [0.717, 1.165) is 38.2 Å². The van der Waals surface area contributed by atoms with Crippen LogP contribution in [0.5, 0.6) is 0 Å². The normalized spacial score (nSPS) is 22.0. The van der Waals surface area contributed by atoms with E-state index in [1.165, 1.54) is 0 Å². The van der Waals surface area contributed by atoms with Crippen molar-refractivity contribution in [3.05, 3.63) is 23.2 Å². The Hall–Kier alpha value is -1.34. The van der Waals surface area contributed by atoms with Crippen LogP contribution in [0.15, 0.2) is 18.2 Å². The number of nitrogens with one attached hydrogen (secondary N) is 1. The van der Waals surface area contributed by atoms with Gasteiger partial charge in [0.2, 0.25) is 0 Å². The number of anilines is 2. The number of halogens is 1. The van der Waals surface area contributed by atoms with Gasteiger partial charge in [-0.1, -0.05) is 11.6 Å². The molecule has 0 spiro atoms. The van der Waals surface area contributed by atoms with Crippen molar-refractivity contribution < 1.29 is 19.0 Å². The van der Waals surface area contributed by atoms with Crippen LogP contribution < -0.4 is 10.2 Å². The molecule has 2 unspecified atom stereocenters. The number of ether oxygens (including phenoxy) is 3. The lowest BCUT2D eigenvalue weighted by atomic mass is 10.2. The minimum absolute atomic E-state index is 0.102. The topological polar surface area (TPSA) is 60.0 Å². The Morgan fingerprint density at radius 1 is 1.40 bits per heavy atom. The van der Waals surface area contributed by atoms with E-state index in [2.05, 4.69) is 10.2 Å². The van der Waals surface area contributed by atoms with Crippen molar-refractivity contribution in [3.63, 3.8) is 0 Å². The highest BCUT2D eigenvalue weighted by atomic mass is 35.5. The van der Waals surface area contributed by atoms with E-state index < -0.39 is 6.10 Å². The first kappa shape index (κ1) is 18.5. The van der Waals surface area contributed by atoms with Crippen molar-refractivity contribution in [3.8, 4) is 0 Å². The molecular weight excluding hydrogens is 344 g/mol. The Morgan fingerprint density at radius 3 is 2.92 bits per heavy atom. The number of rotatable bonds is 6. The average Bonchev–Trinajstić information content (AvgIpc) is 3.14. The van der Waals surface area contributed by atoms with Gasteiger partial charge in [0.15, 0.2) is 0 Å². The minimum atomic E-state index is -0.555. The third-order valence-electron chi connectivity index (χ3n) is 4.49. The Kier molecular flexibility index (Phi) is 6.53. The molecule has 7 heteroatoms. The van der Waals surface area contributed by atoms with Crippen LogP contribution in [0.25, 0.3) is 0 Å². The third-order valence-corrected chi connectivity index (χ3v) is 4.73. The van der Waals surface area contributed by atoms with Gasteiger partial charge in [-0.15, -0.1) is 0 Å². The summed E-state index contributed by atoms with van der Waals surface area (Å²) in [5.41, 5.74) is 1.65. The molecular formula is C18H25ClN2O4. The summed E-state index contributed by atoms with van der Waals surface area (Å²) in [6.07, 6.45) is 1.59. The monoisotopic (exact) mass is 368 g/mol. The van der Waals surface area contributed by atoms with E-state index in [9.17, 15) is 4.79 Å². The van der Waals surface area contributed by atoms with E-state index >= 15 is 0 Å². The SMILES string of the molecule is CC(OCC1CCCO1)C(=O)Nc1cc(Cl)ccc1N1CCOCC1. The Balaban J connectivity index is 1.61. The zero-order chi connectivity index (χ0) is 17.6. The summed E-state index contributed by atoms with van der Waals surface area (Å²) in [6, 6.07) is 5.54. The first-order valence-corrected chi connectivity index (χ1v) is 9.17. The van der Waals surface area contributed by atoms with E-state index in [1.807, 2.05) is 12.1 Å². The predicted octanol–water partition coefficient (Wildman–Crippen LogP) is 2.70. The van der Waals surface area contributed by atoms with Gasteiger partial charge >= 0.3 is 0 Å². The summed E-state index contributed by atoms with van der Waals surface area (Å²) in [5, 5.41) is 3.54. The van der Waals surface area contributed by atoms with Crippen LogP contribution in [-0.4, -0.2) is 57.6 Å². The van der Waals surface area contributed by atoms with Gasteiger partial charge in [0.1, 0.15) is 6.10 Å². The Labute approximate surface area is 153 Å². The molecule has 6 nitrogen and oxygen atoms in total. The molecule has 1 aromatic rings. The average molecular weight is 369 g/mol. The largest absolute Gasteiger partial charge is 0.378 e. The summed E-state index contributed by atoms with van der Waals surface area (Å²) in [5.74, 6) is -0.185. The summed E-state index contributed by atoms with van der Waals surface area (Å²) in [7, 11) is 0. The standard InChI is InChI=1S/C18H25ClN2O4/c1-13(25-12-15-3-2-8-24-15)18(22)20-16-11-14(19)4-5-17(16)21-6-9-23-10-7-21/h4-5,11,13,15H,2-3,6-10,12H2,1H3,(H,20,22). The molecule has 1 aromatic carbocycles. The second kappa shape index (κ2) is 8.85. The first-order chi connectivity index (χ1) is 12.1. The number of nitrogens with zero attached hydrogens (tertiary/aromatic N) is 1. The van der Waals surface area contributed by atoms with E-state index in [4.69, 9.17) is 25.8 Å². The summed E-state index contributed by atoms with van der Waals surface area (Å²) in [4.78, 5) is 14.7. The highest BCUT2D eigenvalue weighted by Gasteiger charge is 2.22. The predicted molar refractivity (Wildman–Crippen MR) is 97.5 cm³/mol. The van der Waals surface area contributed by atoms with Crippen LogP contribution >= 0.6 is 11.6 Å². The molecule has 2 heterocycles. The number of hydrogen-bond donors (Lipinski definition) is 1. The second-order valence-electron chi connectivity index (χ2n) is 6.36. The molecule has 138 valence electrons. The molecule has 1 amide bonds. The lowest BCUT2D eigenvalue weighted by molar-refractivity contribution is -0.128. The third kappa shape index (κ3) is 5.07. The maximum Gasteiger partial charge on any atom is 0.253 e. The summed E-state index contributed by atoms with van der Waals surface area (Å²) < 4.78 is 16.6. The molecule has 0 aliphatic carbocycles. The Bertz CT molecular complexity index is 586. The van der Waals surface area contributed by atoms with Crippen molar-refractivity contribution in [2.45, 2.75) is 32.0 Å². The van der Waals surface area contributed by atoms with Gasteiger partial charge in [-0.3, -0.25) is 4.79 Å². The lowest BCUT2D eigenvalue weighted by Gasteiger charge is -2.30. The lowest BCUT2D eigenvalue weighted by Crippen LogP contribution is -2.37. The summed E-state index contributed by atoms with van der Waals surface area (Å²) in [6.45, 7) is 5.91. The molecule has 25 heavy (non-hydrogen) atoms. The van der Waals surface area contributed by atoms with Gasteiger partial charge in [0, 0.05) is 24.7 Å². The van der Waals surface area contributed by atoms with Gasteiger partial charge in [0.25, 0.3) is 5.91 Å². The van der Waals surface area contributed by atoms with Gasteiger partial charge < -0.3 is 24.4 Å². The number of carbonyl (C=O) groups is 1. The molecule has 2 fully saturated rings. The van der Waals surface area contributed by atoms with Gasteiger partial charge in [-0.2, -0.15) is 0 Å². The second-order valence-corrected chi connectivity index (χ2v) is 6.80. The van der Waals surface area contributed by atoms with Crippen molar-refractivity contribution in [2.75, 3.05) is 49.7 Å². The number of morpholine rings is 1. The zero-order valence-electron chi connectivity index (χ0n) is 14.5. The molecule has 2 aliphatic heterocycles. The van der Waals surface area contributed by atoms with Crippen LogP contribution in [0, 0.1) is 0 Å². The van der Waals surface area contributed by atoms with E-state index in [-0.39, 0.29) is 12.0 Å². The molecule has 3 rings (SSSR count). The minimum Gasteiger partial charge on any atom is -0.378 e. The molecule has 0 radical (unpaired) electrons. The molecule has 0 saturated carbocycles. The van der Waals surface area contributed by atoms with Crippen LogP contribution in [-0.2, 0) is 19.0 Å². The van der Waals surface area contributed by atoms with Gasteiger partial charge in [-0.25, -0.2) is 0 Å². The van der Waals surface area contributed by atoms with Crippen LogP contribution in [0.3, 0.4) is 0 Å². The molecule has 0 aromatic heterocycles. The summed E-state index contributed by atoms with van der Waals surface area (Å²) >= 11 is 6.12. The highest BCUT2D eigenvalue weighted by Crippen LogP contribution is 2.30. The van der Waals surface area contributed by atoms with Crippen molar-refractivity contribution in [1.29, 1.82) is 0 Å². The molecule has 2 aliphatic rings. The fourth-order valence-corrected chi connectivity index (χ4v) is 3.20. The molecule has 1 N–H and O–H groups in total. The van der Waals surface area contributed by atoms with E-state index in [0.29, 0.717) is 30.5 Å². The smallest absolute Gasteiger partial charge is 0.253 e. The van der Waals surface area contributed by atoms with Crippen LogP contribution in [0.4, 0.5) is 11.4 Å². The Morgan fingerprint density at radius 2 is 2.20 bits per heavy atom. The fraction of sp³-hybridized carbons (Fsp3) is 0.611. The highest BCUT2D eigenvalue weighted by molar-refractivity contribution is 6.31. The number of benzene rings is 1. The first-order valence-electron chi connectivity index (χ1n) is 8.80. The number of carbonyl (C=O) groups excluding carboxylic acids is 1. The van der Waals surface area contributed by atoms with Gasteiger partial charge in [-0.05, 0) is 38.0 Å². The zero-order valence-corrected chi connectivity index (χ0v) is 15.3. The quantitative estimate of drug-likeness (QED) is 0.836. The molecule has 0 bridgehead atoms.